The molecule has 1 aromatic rings. The Hall–Kier alpha value is -1.52. The minimum Gasteiger partial charge on any atom is -0.358 e. The third-order valence-electron chi connectivity index (χ3n) is 0.944. The van der Waals surface area contributed by atoms with Crippen LogP contribution in [0, 0.1) is 10.1 Å². The smallest absolute Gasteiger partial charge is 0.345 e. The van der Waals surface area contributed by atoms with Gasteiger partial charge >= 0.3 is 5.82 Å². The van der Waals surface area contributed by atoms with Crippen molar-refractivity contribution in [2.24, 2.45) is 0 Å². The molecule has 0 spiro atoms. The Kier molecular flexibility index (Phi) is 1.11. The van der Waals surface area contributed by atoms with Crippen LogP contribution in [0.15, 0.2) is 18.3 Å². The van der Waals surface area contributed by atoms with Crippen molar-refractivity contribution in [3.05, 3.63) is 28.4 Å². The molecule has 0 atom stereocenters. The molecule has 1 rings (SSSR count). The Morgan fingerprint density at radius 2 is 2.44 bits per heavy atom. The van der Waals surface area contributed by atoms with Crippen LogP contribution in [0.5, 0.6) is 0 Å². The van der Waals surface area contributed by atoms with E-state index in [-0.39, 0.29) is 5.82 Å². The SMILES string of the molecule is Nn1cccc1[N+](=O)[O-]. The monoisotopic (exact) mass is 127 g/mol. The zero-order valence-corrected chi connectivity index (χ0v) is 4.52. The highest BCUT2D eigenvalue weighted by molar-refractivity contribution is 5.20. The number of hydrogen-bond acceptors (Lipinski definition) is 3. The minimum atomic E-state index is -0.542. The molecule has 0 aromatic carbocycles. The summed E-state index contributed by atoms with van der Waals surface area (Å²) < 4.78 is 0.958. The topological polar surface area (TPSA) is 74.1 Å². The van der Waals surface area contributed by atoms with Crippen LogP contribution in [-0.4, -0.2) is 9.60 Å². The average molecular weight is 127 g/mol. The molecule has 9 heavy (non-hydrogen) atoms. The van der Waals surface area contributed by atoms with Gasteiger partial charge in [-0.2, -0.15) is 0 Å². The number of rotatable bonds is 1. The molecule has 0 bridgehead atoms. The summed E-state index contributed by atoms with van der Waals surface area (Å²) in [4.78, 5) is 9.45. The van der Waals surface area contributed by atoms with Gasteiger partial charge in [0.1, 0.15) is 6.20 Å². The second-order valence-corrected chi connectivity index (χ2v) is 1.53. The molecule has 0 fully saturated rings. The largest absolute Gasteiger partial charge is 0.358 e. The summed E-state index contributed by atoms with van der Waals surface area (Å²) >= 11 is 0. The zero-order valence-electron chi connectivity index (χ0n) is 4.52. The molecule has 2 N–H and O–H groups in total. The maximum absolute atomic E-state index is 9.99. The van der Waals surface area contributed by atoms with E-state index >= 15 is 0 Å². The fourth-order valence-electron chi connectivity index (χ4n) is 0.539. The molecule has 48 valence electrons. The second-order valence-electron chi connectivity index (χ2n) is 1.53. The van der Waals surface area contributed by atoms with E-state index in [0.717, 1.165) is 4.68 Å². The van der Waals surface area contributed by atoms with Crippen LogP contribution in [0.3, 0.4) is 0 Å². The summed E-state index contributed by atoms with van der Waals surface area (Å²) in [5, 5.41) is 9.99. The molecule has 5 nitrogen and oxygen atoms in total. The molecule has 0 aliphatic rings. The van der Waals surface area contributed by atoms with E-state index in [0.29, 0.717) is 0 Å². The van der Waals surface area contributed by atoms with E-state index in [1.54, 1.807) is 0 Å². The lowest BCUT2D eigenvalue weighted by atomic mass is 10.6. The van der Waals surface area contributed by atoms with E-state index in [2.05, 4.69) is 0 Å². The van der Waals surface area contributed by atoms with Crippen molar-refractivity contribution in [2.45, 2.75) is 0 Å². The summed E-state index contributed by atoms with van der Waals surface area (Å²) in [6, 6.07) is 2.85. The number of nitrogens with zero attached hydrogens (tertiary/aromatic N) is 2. The molecule has 0 amide bonds. The Morgan fingerprint density at radius 1 is 1.78 bits per heavy atom. The van der Waals surface area contributed by atoms with E-state index < -0.39 is 4.92 Å². The fourth-order valence-corrected chi connectivity index (χ4v) is 0.539. The Labute approximate surface area is 50.8 Å². The highest BCUT2D eigenvalue weighted by Gasteiger charge is 2.06. The predicted octanol–water partition coefficient (Wildman–Crippen LogP) is 0.110. The van der Waals surface area contributed by atoms with Gasteiger partial charge in [-0.05, 0) is 11.0 Å². The summed E-state index contributed by atoms with van der Waals surface area (Å²) in [5.74, 6) is 5.01. The van der Waals surface area contributed by atoms with Gasteiger partial charge in [0.2, 0.25) is 0 Å². The number of nitro groups is 1. The Morgan fingerprint density at radius 3 is 2.67 bits per heavy atom. The third-order valence-corrected chi connectivity index (χ3v) is 0.944. The number of nitrogen functional groups attached to an aromatic ring is 1. The standard InChI is InChI=1S/C4H5N3O2/c5-6-3-1-2-4(6)7(8)9/h1-3H,5H2. The Bertz CT molecular complexity index is 229. The molecule has 1 aromatic heterocycles. The van der Waals surface area contributed by atoms with Crippen LogP contribution < -0.4 is 5.84 Å². The first-order chi connectivity index (χ1) is 4.22. The molecular weight excluding hydrogens is 122 g/mol. The second kappa shape index (κ2) is 1.77. The van der Waals surface area contributed by atoms with Gasteiger partial charge in [0.15, 0.2) is 0 Å². The lowest BCUT2D eigenvalue weighted by molar-refractivity contribution is -0.391. The van der Waals surface area contributed by atoms with Gasteiger partial charge in [0, 0.05) is 6.07 Å². The van der Waals surface area contributed by atoms with Crippen molar-refractivity contribution >= 4 is 5.82 Å². The van der Waals surface area contributed by atoms with E-state index in [1.165, 1.54) is 18.3 Å². The van der Waals surface area contributed by atoms with Crippen molar-refractivity contribution in [2.75, 3.05) is 5.84 Å². The first-order valence-corrected chi connectivity index (χ1v) is 2.28. The van der Waals surface area contributed by atoms with Gasteiger partial charge in [-0.3, -0.25) is 5.84 Å². The van der Waals surface area contributed by atoms with Gasteiger partial charge in [0.05, 0.1) is 0 Å². The van der Waals surface area contributed by atoms with Crippen LogP contribution in [0.2, 0.25) is 0 Å². The van der Waals surface area contributed by atoms with Crippen molar-refractivity contribution < 1.29 is 4.92 Å². The molecule has 0 aliphatic carbocycles. The molecule has 0 saturated heterocycles. The predicted molar refractivity (Wildman–Crippen MR) is 31.2 cm³/mol. The third kappa shape index (κ3) is 0.835. The normalized spacial score (nSPS) is 9.33. The van der Waals surface area contributed by atoms with Crippen LogP contribution in [0.4, 0.5) is 5.82 Å². The minimum absolute atomic E-state index is 0.102. The molecular formula is C4H5N3O2. The van der Waals surface area contributed by atoms with Crippen molar-refractivity contribution in [1.82, 2.24) is 4.68 Å². The fraction of sp³-hybridized carbons (Fsp3) is 0. The first kappa shape index (κ1) is 5.61. The summed E-state index contributed by atoms with van der Waals surface area (Å²) in [7, 11) is 0. The molecule has 1 heterocycles. The van der Waals surface area contributed by atoms with E-state index in [4.69, 9.17) is 5.84 Å². The van der Waals surface area contributed by atoms with Crippen molar-refractivity contribution in [1.29, 1.82) is 0 Å². The lowest BCUT2D eigenvalue weighted by Crippen LogP contribution is -2.09. The van der Waals surface area contributed by atoms with Crippen LogP contribution in [0.25, 0.3) is 0 Å². The molecule has 5 heteroatoms. The first-order valence-electron chi connectivity index (χ1n) is 2.28. The highest BCUT2D eigenvalue weighted by Crippen LogP contribution is 2.06. The maximum atomic E-state index is 9.99. The number of nitrogens with two attached hydrogens (primary N) is 1. The van der Waals surface area contributed by atoms with Crippen LogP contribution >= 0.6 is 0 Å². The van der Waals surface area contributed by atoms with Gasteiger partial charge in [0.25, 0.3) is 0 Å². The summed E-state index contributed by atoms with van der Waals surface area (Å²) in [6.07, 6.45) is 1.41. The van der Waals surface area contributed by atoms with E-state index in [1.807, 2.05) is 0 Å². The molecule has 0 saturated carbocycles. The lowest BCUT2D eigenvalue weighted by Gasteiger charge is -1.90. The van der Waals surface area contributed by atoms with Crippen molar-refractivity contribution in [3.8, 4) is 0 Å². The molecule has 0 radical (unpaired) electrons. The highest BCUT2D eigenvalue weighted by atomic mass is 16.6. The average Bonchev–Trinajstić information content (AvgIpc) is 2.13. The maximum Gasteiger partial charge on any atom is 0.345 e. The Balaban J connectivity index is 3.08. The van der Waals surface area contributed by atoms with Crippen LogP contribution in [-0.2, 0) is 0 Å². The quantitative estimate of drug-likeness (QED) is 0.330. The van der Waals surface area contributed by atoms with Crippen LogP contribution in [0.1, 0.15) is 0 Å². The van der Waals surface area contributed by atoms with Gasteiger partial charge in [-0.1, -0.05) is 0 Å². The summed E-state index contributed by atoms with van der Waals surface area (Å²) in [5.41, 5.74) is 0. The van der Waals surface area contributed by atoms with Gasteiger partial charge in [-0.15, -0.1) is 4.68 Å². The molecule has 0 unspecified atom stereocenters. The summed E-state index contributed by atoms with van der Waals surface area (Å²) in [6.45, 7) is 0. The zero-order chi connectivity index (χ0) is 6.85. The van der Waals surface area contributed by atoms with Gasteiger partial charge in [-0.25, -0.2) is 0 Å². The van der Waals surface area contributed by atoms with Crippen molar-refractivity contribution in [3.63, 3.8) is 0 Å². The van der Waals surface area contributed by atoms with Gasteiger partial charge < -0.3 is 10.1 Å². The van der Waals surface area contributed by atoms with E-state index in [9.17, 15) is 10.1 Å². The number of hydrogen-bond donors (Lipinski definition) is 1. The number of aromatic nitrogens is 1. The molecule has 0 aliphatic heterocycles.